The van der Waals surface area contributed by atoms with Crippen LogP contribution in [0.15, 0.2) is 4.52 Å². The molecule has 2 aromatic heterocycles. The Morgan fingerprint density at radius 3 is 2.69 bits per heavy atom. The Bertz CT molecular complexity index is 786. The molecule has 140 valence electrons. The molecule has 1 fully saturated rings. The number of aliphatic hydroxyl groups is 1. The minimum atomic E-state index is -0.196. The lowest BCUT2D eigenvalue weighted by atomic mass is 9.88. The molecule has 0 aliphatic heterocycles. The van der Waals surface area contributed by atoms with Gasteiger partial charge in [-0.1, -0.05) is 5.16 Å². The van der Waals surface area contributed by atoms with Crippen LogP contribution in [0.5, 0.6) is 0 Å². The number of hydrogen-bond acceptors (Lipinski definition) is 6. The van der Waals surface area contributed by atoms with Crippen LogP contribution in [0.3, 0.4) is 0 Å². The van der Waals surface area contributed by atoms with Crippen LogP contribution in [-0.2, 0) is 17.6 Å². The minimum Gasteiger partial charge on any atom is -0.393 e. The van der Waals surface area contributed by atoms with E-state index in [0.717, 1.165) is 66.2 Å². The first kappa shape index (κ1) is 17.7. The number of amides is 1. The number of aryl methyl sites for hydroxylation is 3. The summed E-state index contributed by atoms with van der Waals surface area (Å²) in [6.07, 6.45) is 5.60. The molecule has 1 amide bonds. The van der Waals surface area contributed by atoms with Gasteiger partial charge in [0.1, 0.15) is 10.8 Å². The molecule has 2 aliphatic carbocycles. The maximum Gasteiger partial charge on any atom is 0.223 e. The molecule has 2 aliphatic rings. The maximum atomic E-state index is 12.7. The van der Waals surface area contributed by atoms with E-state index < -0.39 is 0 Å². The number of fused-ring (bicyclic) bond motifs is 1. The van der Waals surface area contributed by atoms with Gasteiger partial charge in [-0.05, 0) is 52.4 Å². The van der Waals surface area contributed by atoms with Gasteiger partial charge in [-0.15, -0.1) is 11.3 Å². The highest BCUT2D eigenvalue weighted by atomic mass is 32.1. The van der Waals surface area contributed by atoms with Crippen molar-refractivity contribution in [3.8, 4) is 10.6 Å². The van der Waals surface area contributed by atoms with Gasteiger partial charge in [0.05, 0.1) is 23.1 Å². The maximum absolute atomic E-state index is 12.7. The van der Waals surface area contributed by atoms with Crippen molar-refractivity contribution in [3.63, 3.8) is 0 Å². The summed E-state index contributed by atoms with van der Waals surface area (Å²) in [6, 6.07) is 0.209. The van der Waals surface area contributed by atoms with E-state index in [1.807, 2.05) is 13.8 Å². The Morgan fingerprint density at radius 1 is 1.23 bits per heavy atom. The SMILES string of the molecule is Cc1noc(C)c1-c1nc2c(s1)CCC(C(=O)NC1CCC(O)CC1)C2. The van der Waals surface area contributed by atoms with Crippen LogP contribution in [0.25, 0.3) is 10.6 Å². The second kappa shape index (κ2) is 7.12. The lowest BCUT2D eigenvalue weighted by Crippen LogP contribution is -2.42. The van der Waals surface area contributed by atoms with Crippen LogP contribution in [0, 0.1) is 19.8 Å². The van der Waals surface area contributed by atoms with Crippen LogP contribution < -0.4 is 5.32 Å². The van der Waals surface area contributed by atoms with E-state index in [-0.39, 0.29) is 24.0 Å². The zero-order chi connectivity index (χ0) is 18.3. The summed E-state index contributed by atoms with van der Waals surface area (Å²) in [5.74, 6) is 0.931. The summed E-state index contributed by atoms with van der Waals surface area (Å²) < 4.78 is 5.27. The summed E-state index contributed by atoms with van der Waals surface area (Å²) in [7, 11) is 0. The number of aromatic nitrogens is 2. The van der Waals surface area contributed by atoms with Gasteiger partial charge in [0, 0.05) is 23.3 Å². The van der Waals surface area contributed by atoms with E-state index in [4.69, 9.17) is 9.51 Å². The fraction of sp³-hybridized carbons (Fsp3) is 0.632. The van der Waals surface area contributed by atoms with Gasteiger partial charge in [-0.25, -0.2) is 4.98 Å². The normalized spacial score (nSPS) is 25.7. The third kappa shape index (κ3) is 3.42. The summed E-state index contributed by atoms with van der Waals surface area (Å²) in [5.41, 5.74) is 2.91. The van der Waals surface area contributed by atoms with Crippen molar-refractivity contribution in [2.45, 2.75) is 70.9 Å². The fourth-order valence-electron chi connectivity index (χ4n) is 4.04. The fourth-order valence-corrected chi connectivity index (χ4v) is 5.29. The van der Waals surface area contributed by atoms with Crippen molar-refractivity contribution in [1.29, 1.82) is 0 Å². The van der Waals surface area contributed by atoms with Gasteiger partial charge in [0.2, 0.25) is 5.91 Å². The quantitative estimate of drug-likeness (QED) is 0.861. The number of thiazole rings is 1. The second-order valence-electron chi connectivity index (χ2n) is 7.54. The van der Waals surface area contributed by atoms with Crippen molar-refractivity contribution in [2.75, 3.05) is 0 Å². The first-order chi connectivity index (χ1) is 12.5. The van der Waals surface area contributed by atoms with Crippen LogP contribution in [0.4, 0.5) is 0 Å². The highest BCUT2D eigenvalue weighted by molar-refractivity contribution is 7.15. The number of carbonyl (C=O) groups is 1. The minimum absolute atomic E-state index is 0.00558. The van der Waals surface area contributed by atoms with E-state index in [2.05, 4.69) is 10.5 Å². The van der Waals surface area contributed by atoms with Crippen molar-refractivity contribution >= 4 is 17.2 Å². The Hall–Kier alpha value is -1.73. The molecule has 26 heavy (non-hydrogen) atoms. The van der Waals surface area contributed by atoms with Gasteiger partial charge in [-0.3, -0.25) is 4.79 Å². The molecule has 1 saturated carbocycles. The summed E-state index contributed by atoms with van der Waals surface area (Å²) >= 11 is 1.70. The zero-order valence-electron chi connectivity index (χ0n) is 15.2. The predicted molar refractivity (Wildman–Crippen MR) is 99.0 cm³/mol. The number of nitrogens with one attached hydrogen (secondary N) is 1. The molecular weight excluding hydrogens is 350 g/mol. The Balaban J connectivity index is 1.44. The molecule has 0 bridgehead atoms. The first-order valence-electron chi connectivity index (χ1n) is 9.41. The number of hydrogen-bond donors (Lipinski definition) is 2. The van der Waals surface area contributed by atoms with Gasteiger partial charge in [-0.2, -0.15) is 0 Å². The van der Waals surface area contributed by atoms with E-state index >= 15 is 0 Å². The Kier molecular flexibility index (Phi) is 4.84. The molecule has 0 radical (unpaired) electrons. The highest BCUT2D eigenvalue weighted by Crippen LogP contribution is 2.37. The predicted octanol–water partition coefficient (Wildman–Crippen LogP) is 2.94. The number of aliphatic hydroxyl groups excluding tert-OH is 1. The van der Waals surface area contributed by atoms with Crippen molar-refractivity contribution < 1.29 is 14.4 Å². The standard InChI is InChI=1S/C19H25N3O3S/c1-10-17(11(2)25-22-10)19-21-15-9-12(3-8-16(15)26-19)18(24)20-13-4-6-14(23)7-5-13/h12-14,23H,3-9H2,1-2H3,(H,20,24). The summed E-state index contributed by atoms with van der Waals surface area (Å²) in [4.78, 5) is 18.8. The number of carbonyl (C=O) groups excluding carboxylic acids is 1. The van der Waals surface area contributed by atoms with Crippen LogP contribution in [0.1, 0.15) is 54.1 Å². The molecular formula is C19H25N3O3S. The van der Waals surface area contributed by atoms with Crippen molar-refractivity contribution in [3.05, 3.63) is 22.0 Å². The number of nitrogens with zero attached hydrogens (tertiary/aromatic N) is 2. The molecule has 0 saturated heterocycles. The van der Waals surface area contributed by atoms with E-state index in [1.54, 1.807) is 11.3 Å². The monoisotopic (exact) mass is 375 g/mol. The van der Waals surface area contributed by atoms with E-state index in [1.165, 1.54) is 4.88 Å². The third-order valence-corrected chi connectivity index (χ3v) is 6.77. The van der Waals surface area contributed by atoms with Gasteiger partial charge >= 0.3 is 0 Å². The molecule has 2 N–H and O–H groups in total. The van der Waals surface area contributed by atoms with Crippen LogP contribution in [-0.4, -0.2) is 33.3 Å². The second-order valence-corrected chi connectivity index (χ2v) is 8.63. The van der Waals surface area contributed by atoms with Gasteiger partial charge in [0.25, 0.3) is 0 Å². The van der Waals surface area contributed by atoms with Gasteiger partial charge in [0.15, 0.2) is 0 Å². The molecule has 0 spiro atoms. The Morgan fingerprint density at radius 2 is 2.00 bits per heavy atom. The molecule has 4 rings (SSSR count). The molecule has 7 heteroatoms. The molecule has 2 aromatic rings. The molecule has 0 aromatic carbocycles. The van der Waals surface area contributed by atoms with Crippen LogP contribution in [0.2, 0.25) is 0 Å². The van der Waals surface area contributed by atoms with E-state index in [0.29, 0.717) is 6.42 Å². The van der Waals surface area contributed by atoms with Crippen molar-refractivity contribution in [1.82, 2.24) is 15.5 Å². The molecule has 1 atom stereocenters. The largest absolute Gasteiger partial charge is 0.393 e. The highest BCUT2D eigenvalue weighted by Gasteiger charge is 2.30. The van der Waals surface area contributed by atoms with E-state index in [9.17, 15) is 9.90 Å². The molecule has 6 nitrogen and oxygen atoms in total. The Labute approximate surface area is 157 Å². The molecule has 1 unspecified atom stereocenters. The van der Waals surface area contributed by atoms with Crippen LogP contribution >= 0.6 is 11.3 Å². The zero-order valence-corrected chi connectivity index (χ0v) is 16.1. The summed E-state index contributed by atoms with van der Waals surface area (Å²) in [5, 5.41) is 17.8. The first-order valence-corrected chi connectivity index (χ1v) is 10.2. The average molecular weight is 375 g/mol. The average Bonchev–Trinajstić information content (AvgIpc) is 3.18. The van der Waals surface area contributed by atoms with Crippen molar-refractivity contribution in [2.24, 2.45) is 5.92 Å². The number of rotatable bonds is 3. The topological polar surface area (TPSA) is 88.2 Å². The lowest BCUT2D eigenvalue weighted by molar-refractivity contribution is -0.126. The molecule has 2 heterocycles. The van der Waals surface area contributed by atoms with Gasteiger partial charge < -0.3 is 14.9 Å². The summed E-state index contributed by atoms with van der Waals surface area (Å²) in [6.45, 7) is 3.84. The smallest absolute Gasteiger partial charge is 0.223 e. The lowest BCUT2D eigenvalue weighted by Gasteiger charge is -2.28. The third-order valence-electron chi connectivity index (χ3n) is 5.60.